The van der Waals surface area contributed by atoms with Gasteiger partial charge in [0.2, 0.25) is 0 Å². The number of rotatable bonds is 3. The van der Waals surface area contributed by atoms with Gasteiger partial charge in [-0.25, -0.2) is 0 Å². The number of Topliss-reactive ketones (excluding diaryl/α,β-unsaturated/α-hetero) is 1. The normalized spacial score (nSPS) is 21.4. The zero-order chi connectivity index (χ0) is 12.3. The van der Waals surface area contributed by atoms with E-state index in [1.807, 2.05) is 4.90 Å². The third-order valence-corrected chi connectivity index (χ3v) is 3.27. The van der Waals surface area contributed by atoms with Crippen molar-refractivity contribution in [3.8, 4) is 0 Å². The summed E-state index contributed by atoms with van der Waals surface area (Å²) in [5, 5.41) is 10.2. The van der Waals surface area contributed by atoms with Crippen LogP contribution in [-0.2, 0) is 0 Å². The van der Waals surface area contributed by atoms with Gasteiger partial charge in [0.15, 0.2) is 5.78 Å². The Kier molecular flexibility index (Phi) is 4.15. The largest absolute Gasteiger partial charge is 0.392 e. The molecule has 0 amide bonds. The maximum atomic E-state index is 12.0. The minimum absolute atomic E-state index is 0.0794. The molecule has 1 N–H and O–H groups in total. The molecule has 1 aromatic carbocycles. The zero-order valence-electron chi connectivity index (χ0n) is 9.60. The standard InChI is InChI=1S/C13H16ClNO2/c14-11-5-3-10(4-6-11)13(17)9-15-7-1-2-12(16)8-15/h3-6,12,16H,1-2,7-9H2/t12-/m0/s1. The molecule has 0 bridgehead atoms. The van der Waals surface area contributed by atoms with Crippen molar-refractivity contribution in [3.63, 3.8) is 0 Å². The molecule has 4 heteroatoms. The number of β-amino-alcohol motifs (C(OH)–C–C–N with tert-alkyl or cyclic N) is 1. The number of halogens is 1. The fourth-order valence-electron chi connectivity index (χ4n) is 2.10. The minimum atomic E-state index is -0.290. The Morgan fingerprint density at radius 1 is 1.41 bits per heavy atom. The van der Waals surface area contributed by atoms with E-state index in [1.165, 1.54) is 0 Å². The van der Waals surface area contributed by atoms with Gasteiger partial charge < -0.3 is 5.11 Å². The summed E-state index contributed by atoms with van der Waals surface area (Å²) in [6.45, 7) is 1.86. The van der Waals surface area contributed by atoms with Crippen LogP contribution in [0.15, 0.2) is 24.3 Å². The van der Waals surface area contributed by atoms with Crippen molar-refractivity contribution in [2.24, 2.45) is 0 Å². The number of ketones is 1. The van der Waals surface area contributed by atoms with E-state index in [4.69, 9.17) is 11.6 Å². The number of aliphatic hydroxyl groups excluding tert-OH is 1. The van der Waals surface area contributed by atoms with Crippen LogP contribution in [0.4, 0.5) is 0 Å². The lowest BCUT2D eigenvalue weighted by atomic mass is 10.1. The van der Waals surface area contributed by atoms with Crippen molar-refractivity contribution in [2.75, 3.05) is 19.6 Å². The predicted molar refractivity (Wildman–Crippen MR) is 67.5 cm³/mol. The molecule has 1 heterocycles. The molecule has 1 fully saturated rings. The number of piperidine rings is 1. The van der Waals surface area contributed by atoms with E-state index in [2.05, 4.69) is 0 Å². The molecule has 92 valence electrons. The lowest BCUT2D eigenvalue weighted by Crippen LogP contribution is -2.41. The van der Waals surface area contributed by atoms with Crippen LogP contribution in [0, 0.1) is 0 Å². The maximum absolute atomic E-state index is 12.0. The third kappa shape index (κ3) is 3.53. The average molecular weight is 254 g/mol. The molecule has 0 spiro atoms. The van der Waals surface area contributed by atoms with Crippen molar-refractivity contribution >= 4 is 17.4 Å². The molecule has 0 radical (unpaired) electrons. The summed E-state index contributed by atoms with van der Waals surface area (Å²) in [5.74, 6) is 0.0794. The van der Waals surface area contributed by atoms with Crippen LogP contribution in [0.25, 0.3) is 0 Å². The lowest BCUT2D eigenvalue weighted by molar-refractivity contribution is 0.0634. The summed E-state index contributed by atoms with van der Waals surface area (Å²) in [7, 11) is 0. The van der Waals surface area contributed by atoms with Gasteiger partial charge >= 0.3 is 0 Å². The summed E-state index contributed by atoms with van der Waals surface area (Å²) >= 11 is 5.77. The number of aliphatic hydroxyl groups is 1. The van der Waals surface area contributed by atoms with E-state index in [0.717, 1.165) is 19.4 Å². The Morgan fingerprint density at radius 2 is 2.12 bits per heavy atom. The van der Waals surface area contributed by atoms with Gasteiger partial charge in [-0.3, -0.25) is 9.69 Å². The second-order valence-electron chi connectivity index (χ2n) is 4.46. The van der Waals surface area contributed by atoms with Gasteiger partial charge in [0.25, 0.3) is 0 Å². The SMILES string of the molecule is O=C(CN1CCC[C@H](O)C1)c1ccc(Cl)cc1. The number of likely N-dealkylation sites (tertiary alicyclic amines) is 1. The molecule has 1 atom stereocenters. The highest BCUT2D eigenvalue weighted by molar-refractivity contribution is 6.30. The van der Waals surface area contributed by atoms with Crippen LogP contribution >= 0.6 is 11.6 Å². The molecular weight excluding hydrogens is 238 g/mol. The molecule has 0 aromatic heterocycles. The highest BCUT2D eigenvalue weighted by atomic mass is 35.5. The summed E-state index contributed by atoms with van der Waals surface area (Å²) in [4.78, 5) is 14.0. The smallest absolute Gasteiger partial charge is 0.176 e. The number of carbonyl (C=O) groups is 1. The van der Waals surface area contributed by atoms with Crippen molar-refractivity contribution in [1.29, 1.82) is 0 Å². The first-order valence-electron chi connectivity index (χ1n) is 5.84. The second-order valence-corrected chi connectivity index (χ2v) is 4.90. The summed E-state index contributed by atoms with van der Waals surface area (Å²) in [5.41, 5.74) is 0.675. The number of nitrogens with zero attached hydrogens (tertiary/aromatic N) is 1. The molecular formula is C13H16ClNO2. The van der Waals surface area contributed by atoms with Gasteiger partial charge in [-0.1, -0.05) is 11.6 Å². The van der Waals surface area contributed by atoms with E-state index in [1.54, 1.807) is 24.3 Å². The van der Waals surface area contributed by atoms with Gasteiger partial charge in [-0.15, -0.1) is 0 Å². The van der Waals surface area contributed by atoms with Crippen molar-refractivity contribution in [3.05, 3.63) is 34.9 Å². The zero-order valence-corrected chi connectivity index (χ0v) is 10.4. The topological polar surface area (TPSA) is 40.5 Å². The maximum Gasteiger partial charge on any atom is 0.176 e. The van der Waals surface area contributed by atoms with Crippen LogP contribution in [0.2, 0.25) is 5.02 Å². The highest BCUT2D eigenvalue weighted by Gasteiger charge is 2.20. The van der Waals surface area contributed by atoms with Crippen LogP contribution in [0.3, 0.4) is 0 Å². The van der Waals surface area contributed by atoms with Crippen molar-refractivity contribution < 1.29 is 9.90 Å². The molecule has 1 aromatic rings. The lowest BCUT2D eigenvalue weighted by Gasteiger charge is -2.29. The molecule has 3 nitrogen and oxygen atoms in total. The fraction of sp³-hybridized carbons (Fsp3) is 0.462. The summed E-state index contributed by atoms with van der Waals surface area (Å²) in [6, 6.07) is 6.93. The quantitative estimate of drug-likeness (QED) is 0.838. The number of hydrogen-bond donors (Lipinski definition) is 1. The van der Waals surface area contributed by atoms with Gasteiger partial charge in [0, 0.05) is 17.1 Å². The molecule has 1 aliphatic heterocycles. The van der Waals surface area contributed by atoms with Crippen LogP contribution in [0.1, 0.15) is 23.2 Å². The Hall–Kier alpha value is -0.900. The molecule has 1 aliphatic rings. The molecule has 1 saturated heterocycles. The van der Waals surface area contributed by atoms with Gasteiger partial charge in [-0.05, 0) is 43.7 Å². The van der Waals surface area contributed by atoms with E-state index in [-0.39, 0.29) is 11.9 Å². The Bertz CT molecular complexity index is 391. The number of carbonyl (C=O) groups excluding carboxylic acids is 1. The first-order chi connectivity index (χ1) is 8.15. The van der Waals surface area contributed by atoms with Crippen molar-refractivity contribution in [2.45, 2.75) is 18.9 Å². The molecule has 17 heavy (non-hydrogen) atoms. The summed E-state index contributed by atoms with van der Waals surface area (Å²) < 4.78 is 0. The number of benzene rings is 1. The Balaban J connectivity index is 1.94. The van der Waals surface area contributed by atoms with E-state index in [9.17, 15) is 9.90 Å². The molecule has 0 aliphatic carbocycles. The predicted octanol–water partition coefficient (Wildman–Crippen LogP) is 1.98. The fourth-order valence-corrected chi connectivity index (χ4v) is 2.23. The van der Waals surface area contributed by atoms with E-state index in [0.29, 0.717) is 23.7 Å². The first-order valence-corrected chi connectivity index (χ1v) is 6.22. The molecule has 2 rings (SSSR count). The monoisotopic (exact) mass is 253 g/mol. The average Bonchev–Trinajstić information content (AvgIpc) is 2.29. The van der Waals surface area contributed by atoms with Crippen LogP contribution in [0.5, 0.6) is 0 Å². The highest BCUT2D eigenvalue weighted by Crippen LogP contribution is 2.13. The summed E-state index contributed by atoms with van der Waals surface area (Å²) in [6.07, 6.45) is 1.50. The molecule has 0 unspecified atom stereocenters. The van der Waals surface area contributed by atoms with E-state index < -0.39 is 0 Å². The third-order valence-electron chi connectivity index (χ3n) is 3.01. The first kappa shape index (κ1) is 12.6. The molecule has 0 saturated carbocycles. The van der Waals surface area contributed by atoms with Gasteiger partial charge in [0.05, 0.1) is 12.6 Å². The van der Waals surface area contributed by atoms with Gasteiger partial charge in [-0.2, -0.15) is 0 Å². The number of hydrogen-bond acceptors (Lipinski definition) is 3. The van der Waals surface area contributed by atoms with Crippen LogP contribution < -0.4 is 0 Å². The van der Waals surface area contributed by atoms with Gasteiger partial charge in [0.1, 0.15) is 0 Å². The van der Waals surface area contributed by atoms with E-state index >= 15 is 0 Å². The second kappa shape index (κ2) is 5.63. The van der Waals surface area contributed by atoms with Crippen molar-refractivity contribution in [1.82, 2.24) is 4.90 Å². The Labute approximate surface area is 106 Å². The van der Waals surface area contributed by atoms with Crippen LogP contribution in [-0.4, -0.2) is 41.5 Å². The minimum Gasteiger partial charge on any atom is -0.392 e. The Morgan fingerprint density at radius 3 is 2.76 bits per heavy atom.